The molecule has 112 valence electrons. The maximum atomic E-state index is 5.59. The first kappa shape index (κ1) is 16.3. The van der Waals surface area contributed by atoms with E-state index in [0.29, 0.717) is 6.61 Å². The van der Waals surface area contributed by atoms with E-state index in [1.807, 2.05) is 6.92 Å². The van der Waals surface area contributed by atoms with Crippen molar-refractivity contribution in [1.29, 1.82) is 0 Å². The molecule has 1 saturated carbocycles. The van der Waals surface area contributed by atoms with E-state index in [1.54, 1.807) is 0 Å². The number of hydrogen-bond acceptors (Lipinski definition) is 3. The maximum absolute atomic E-state index is 5.59. The van der Waals surface area contributed by atoms with E-state index >= 15 is 0 Å². The lowest BCUT2D eigenvalue weighted by atomic mass is 10.2. The quantitative estimate of drug-likeness (QED) is 0.625. The Morgan fingerprint density at radius 3 is 2.55 bits per heavy atom. The van der Waals surface area contributed by atoms with Gasteiger partial charge >= 0.3 is 0 Å². The van der Waals surface area contributed by atoms with Crippen molar-refractivity contribution in [3.8, 4) is 5.75 Å². The van der Waals surface area contributed by atoms with Gasteiger partial charge in [0, 0.05) is 19.7 Å². The molecule has 1 N–H and O–H groups in total. The molecule has 1 fully saturated rings. The van der Waals surface area contributed by atoms with Crippen molar-refractivity contribution in [3.63, 3.8) is 0 Å². The van der Waals surface area contributed by atoms with Crippen molar-refractivity contribution in [3.05, 3.63) is 26.6 Å². The molecule has 0 aromatic heterocycles. The SMILES string of the molecule is CCOc1c(Br)cc(CNCCOCC2CC2)cc1Br. The second-order valence-corrected chi connectivity index (χ2v) is 6.73. The third kappa shape index (κ3) is 5.35. The molecular formula is C15H21Br2NO2. The lowest BCUT2D eigenvalue weighted by Gasteiger charge is -2.11. The van der Waals surface area contributed by atoms with Crippen LogP contribution in [0.2, 0.25) is 0 Å². The number of halogens is 2. The molecule has 0 spiro atoms. The minimum Gasteiger partial charge on any atom is -0.492 e. The molecule has 0 aliphatic heterocycles. The Morgan fingerprint density at radius 2 is 1.95 bits per heavy atom. The Hall–Kier alpha value is -0.100. The highest BCUT2D eigenvalue weighted by Gasteiger charge is 2.20. The predicted molar refractivity (Wildman–Crippen MR) is 88.3 cm³/mol. The van der Waals surface area contributed by atoms with Crippen molar-refractivity contribution in [2.75, 3.05) is 26.4 Å². The Kier molecular flexibility index (Phi) is 6.81. The summed E-state index contributed by atoms with van der Waals surface area (Å²) in [6.07, 6.45) is 2.70. The molecular weight excluding hydrogens is 386 g/mol. The third-order valence-electron chi connectivity index (χ3n) is 3.15. The van der Waals surface area contributed by atoms with E-state index in [2.05, 4.69) is 49.3 Å². The molecule has 1 aromatic carbocycles. The van der Waals surface area contributed by atoms with Crippen LogP contribution in [0.3, 0.4) is 0 Å². The number of benzene rings is 1. The van der Waals surface area contributed by atoms with Crippen molar-refractivity contribution in [2.45, 2.75) is 26.3 Å². The summed E-state index contributed by atoms with van der Waals surface area (Å²) in [6, 6.07) is 4.18. The monoisotopic (exact) mass is 405 g/mol. The summed E-state index contributed by atoms with van der Waals surface area (Å²) in [5.41, 5.74) is 1.22. The zero-order chi connectivity index (χ0) is 14.4. The van der Waals surface area contributed by atoms with Crippen LogP contribution in [0, 0.1) is 5.92 Å². The fraction of sp³-hybridized carbons (Fsp3) is 0.600. The Bertz CT molecular complexity index is 413. The standard InChI is InChI=1S/C15H21Br2NO2/c1-2-20-15-13(16)7-12(8-14(15)17)9-18-5-6-19-10-11-3-4-11/h7-8,11,18H,2-6,9-10H2,1H3. The minimum atomic E-state index is 0.660. The van der Waals surface area contributed by atoms with Gasteiger partial charge in [-0.25, -0.2) is 0 Å². The zero-order valence-electron chi connectivity index (χ0n) is 11.8. The van der Waals surface area contributed by atoms with Crippen molar-refractivity contribution >= 4 is 31.9 Å². The van der Waals surface area contributed by atoms with Gasteiger partial charge in [-0.1, -0.05) is 0 Å². The average Bonchev–Trinajstić information content (AvgIpc) is 3.22. The molecule has 0 heterocycles. The minimum absolute atomic E-state index is 0.660. The van der Waals surface area contributed by atoms with Crippen molar-refractivity contribution in [2.24, 2.45) is 5.92 Å². The average molecular weight is 407 g/mol. The first-order chi connectivity index (χ1) is 9.70. The lowest BCUT2D eigenvalue weighted by molar-refractivity contribution is 0.126. The van der Waals surface area contributed by atoms with Gasteiger partial charge in [-0.15, -0.1) is 0 Å². The summed E-state index contributed by atoms with van der Waals surface area (Å²) in [6.45, 7) is 6.08. The maximum Gasteiger partial charge on any atom is 0.147 e. The van der Waals surface area contributed by atoms with Gasteiger partial charge in [-0.3, -0.25) is 0 Å². The van der Waals surface area contributed by atoms with Crippen molar-refractivity contribution in [1.82, 2.24) is 5.32 Å². The van der Waals surface area contributed by atoms with Gasteiger partial charge in [0.05, 0.1) is 22.2 Å². The number of hydrogen-bond donors (Lipinski definition) is 1. The van der Waals surface area contributed by atoms with E-state index in [4.69, 9.17) is 9.47 Å². The Morgan fingerprint density at radius 1 is 1.25 bits per heavy atom. The largest absolute Gasteiger partial charge is 0.492 e. The molecule has 1 aliphatic rings. The van der Waals surface area contributed by atoms with Crippen LogP contribution in [-0.4, -0.2) is 26.4 Å². The van der Waals surface area contributed by atoms with E-state index in [0.717, 1.165) is 46.9 Å². The van der Waals surface area contributed by atoms with Crippen LogP contribution in [0.25, 0.3) is 0 Å². The van der Waals surface area contributed by atoms with Gasteiger partial charge < -0.3 is 14.8 Å². The normalized spacial score (nSPS) is 14.6. The molecule has 0 unspecified atom stereocenters. The molecule has 0 amide bonds. The fourth-order valence-corrected chi connectivity index (χ4v) is 3.42. The molecule has 0 saturated heterocycles. The molecule has 3 nitrogen and oxygen atoms in total. The second-order valence-electron chi connectivity index (χ2n) is 5.02. The molecule has 5 heteroatoms. The smallest absolute Gasteiger partial charge is 0.147 e. The Balaban J connectivity index is 1.71. The zero-order valence-corrected chi connectivity index (χ0v) is 14.9. The topological polar surface area (TPSA) is 30.5 Å². The van der Waals surface area contributed by atoms with Gasteiger partial charge in [0.25, 0.3) is 0 Å². The summed E-state index contributed by atoms with van der Waals surface area (Å²) in [5, 5.41) is 3.39. The number of ether oxygens (including phenoxy) is 2. The van der Waals surface area contributed by atoms with Gasteiger partial charge in [-0.2, -0.15) is 0 Å². The third-order valence-corrected chi connectivity index (χ3v) is 4.33. The summed E-state index contributed by atoms with van der Waals surface area (Å²) < 4.78 is 13.1. The van der Waals surface area contributed by atoms with Gasteiger partial charge in [0.1, 0.15) is 5.75 Å². The van der Waals surface area contributed by atoms with E-state index in [-0.39, 0.29) is 0 Å². The van der Waals surface area contributed by atoms with Crippen LogP contribution in [0.4, 0.5) is 0 Å². The molecule has 0 atom stereocenters. The van der Waals surface area contributed by atoms with Crippen molar-refractivity contribution < 1.29 is 9.47 Å². The van der Waals surface area contributed by atoms with Crippen LogP contribution in [0.15, 0.2) is 21.1 Å². The molecule has 1 aliphatic carbocycles. The van der Waals surface area contributed by atoms with E-state index in [9.17, 15) is 0 Å². The Labute approximate surface area is 137 Å². The van der Waals surface area contributed by atoms with Gasteiger partial charge in [0.15, 0.2) is 0 Å². The molecule has 1 aromatic rings. The van der Waals surface area contributed by atoms with Crippen LogP contribution >= 0.6 is 31.9 Å². The molecule has 20 heavy (non-hydrogen) atoms. The van der Waals surface area contributed by atoms with Crippen LogP contribution < -0.4 is 10.1 Å². The second kappa shape index (κ2) is 8.37. The van der Waals surface area contributed by atoms with Crippen LogP contribution in [0.5, 0.6) is 5.75 Å². The highest BCUT2D eigenvalue weighted by Crippen LogP contribution is 2.34. The van der Waals surface area contributed by atoms with E-state index in [1.165, 1.54) is 18.4 Å². The van der Waals surface area contributed by atoms with Gasteiger partial charge in [-0.05, 0) is 75.2 Å². The summed E-state index contributed by atoms with van der Waals surface area (Å²) >= 11 is 7.10. The predicted octanol–water partition coefficient (Wildman–Crippen LogP) is 4.13. The lowest BCUT2D eigenvalue weighted by Crippen LogP contribution is -2.19. The summed E-state index contributed by atoms with van der Waals surface area (Å²) in [5.74, 6) is 1.71. The highest BCUT2D eigenvalue weighted by molar-refractivity contribution is 9.11. The fourth-order valence-electron chi connectivity index (χ4n) is 1.91. The molecule has 2 rings (SSSR count). The van der Waals surface area contributed by atoms with Gasteiger partial charge in [0.2, 0.25) is 0 Å². The number of nitrogens with one attached hydrogen (secondary N) is 1. The first-order valence-electron chi connectivity index (χ1n) is 7.10. The first-order valence-corrected chi connectivity index (χ1v) is 8.68. The molecule has 0 radical (unpaired) electrons. The summed E-state index contributed by atoms with van der Waals surface area (Å²) in [7, 11) is 0. The highest BCUT2D eigenvalue weighted by atomic mass is 79.9. The van der Waals surface area contributed by atoms with Crippen LogP contribution in [0.1, 0.15) is 25.3 Å². The van der Waals surface area contributed by atoms with Crippen LogP contribution in [-0.2, 0) is 11.3 Å². The van der Waals surface area contributed by atoms with E-state index < -0.39 is 0 Å². The summed E-state index contributed by atoms with van der Waals surface area (Å²) in [4.78, 5) is 0. The number of rotatable bonds is 9. The molecule has 0 bridgehead atoms.